The third kappa shape index (κ3) is 3.78. The van der Waals surface area contributed by atoms with Gasteiger partial charge in [-0.25, -0.2) is 0 Å². The van der Waals surface area contributed by atoms with Gasteiger partial charge in [0.25, 0.3) is 5.69 Å². The minimum absolute atomic E-state index is 0.0256. The molecule has 7 heteroatoms. The molecule has 1 aromatic rings. The van der Waals surface area contributed by atoms with E-state index in [4.69, 9.17) is 0 Å². The molecule has 0 radical (unpaired) electrons. The third-order valence-corrected chi connectivity index (χ3v) is 3.63. The Morgan fingerprint density at radius 2 is 2.26 bits per heavy atom. The first kappa shape index (κ1) is 13.5. The number of nitrogens with one attached hydrogen (secondary N) is 1. The summed E-state index contributed by atoms with van der Waals surface area (Å²) in [5, 5.41) is 13.5. The molecule has 6 nitrogen and oxygen atoms in total. The molecule has 0 aliphatic heterocycles. The van der Waals surface area contributed by atoms with Crippen molar-refractivity contribution in [3.8, 4) is 0 Å². The van der Waals surface area contributed by atoms with Gasteiger partial charge in [0.2, 0.25) is 5.91 Å². The minimum Gasteiger partial charge on any atom is -0.353 e. The molecule has 0 bridgehead atoms. The zero-order valence-electron chi connectivity index (χ0n) is 10.00. The van der Waals surface area contributed by atoms with E-state index in [-0.39, 0.29) is 22.9 Å². The number of rotatable bonds is 6. The fourth-order valence-corrected chi connectivity index (χ4v) is 2.28. The van der Waals surface area contributed by atoms with Crippen molar-refractivity contribution in [2.45, 2.75) is 23.8 Å². The standard InChI is InChI=1S/C12H12N2O4S/c15-6-8-5-10(3-4-11(8)14(17)18)19-7-12(16)13-9-1-2-9/h3-6,9H,1-2,7H2,(H,13,16). The van der Waals surface area contributed by atoms with Crippen LogP contribution in [-0.4, -0.2) is 28.9 Å². The van der Waals surface area contributed by atoms with Gasteiger partial charge in [-0.2, -0.15) is 0 Å². The largest absolute Gasteiger partial charge is 0.353 e. The number of nitrogens with zero attached hydrogens (tertiary/aromatic N) is 1. The molecule has 0 unspecified atom stereocenters. The van der Waals surface area contributed by atoms with Crippen LogP contribution < -0.4 is 5.32 Å². The summed E-state index contributed by atoms with van der Waals surface area (Å²) in [5.74, 6) is 0.186. The number of carbonyl (C=O) groups is 2. The van der Waals surface area contributed by atoms with Gasteiger partial charge in [-0.15, -0.1) is 11.8 Å². The molecule has 1 aromatic carbocycles. The quantitative estimate of drug-likeness (QED) is 0.371. The van der Waals surface area contributed by atoms with Crippen molar-refractivity contribution in [3.63, 3.8) is 0 Å². The lowest BCUT2D eigenvalue weighted by atomic mass is 10.2. The van der Waals surface area contributed by atoms with E-state index in [9.17, 15) is 19.7 Å². The highest BCUT2D eigenvalue weighted by Crippen LogP contribution is 2.25. The Morgan fingerprint density at radius 3 is 2.84 bits per heavy atom. The van der Waals surface area contributed by atoms with Crippen LogP contribution in [0.25, 0.3) is 0 Å². The summed E-state index contributed by atoms with van der Waals surface area (Å²) in [5.41, 5.74) is -0.195. The average molecular weight is 280 g/mol. The van der Waals surface area contributed by atoms with E-state index >= 15 is 0 Å². The molecule has 2 rings (SSSR count). The Bertz CT molecular complexity index is 528. The van der Waals surface area contributed by atoms with E-state index < -0.39 is 4.92 Å². The van der Waals surface area contributed by atoms with E-state index in [0.29, 0.717) is 17.2 Å². The van der Waals surface area contributed by atoms with Crippen LogP contribution in [0, 0.1) is 10.1 Å². The molecule has 100 valence electrons. The fraction of sp³-hybridized carbons (Fsp3) is 0.333. The topological polar surface area (TPSA) is 89.3 Å². The van der Waals surface area contributed by atoms with Gasteiger partial charge in [0, 0.05) is 17.0 Å². The first-order chi connectivity index (χ1) is 9.10. The summed E-state index contributed by atoms with van der Waals surface area (Å²) in [6.45, 7) is 0. The van der Waals surface area contributed by atoms with Gasteiger partial charge in [-0.3, -0.25) is 19.7 Å². The van der Waals surface area contributed by atoms with Crippen LogP contribution in [0.3, 0.4) is 0 Å². The molecule has 19 heavy (non-hydrogen) atoms. The molecule has 0 aromatic heterocycles. The van der Waals surface area contributed by atoms with Gasteiger partial charge in [0.15, 0.2) is 6.29 Å². The monoisotopic (exact) mass is 280 g/mol. The van der Waals surface area contributed by atoms with Crippen LogP contribution >= 0.6 is 11.8 Å². The molecule has 1 amide bonds. The molecule has 1 aliphatic carbocycles. The maximum atomic E-state index is 11.5. The summed E-state index contributed by atoms with van der Waals surface area (Å²) in [7, 11) is 0. The third-order valence-electron chi connectivity index (χ3n) is 2.64. The number of benzene rings is 1. The van der Waals surface area contributed by atoms with Gasteiger partial charge in [-0.1, -0.05) is 0 Å². The predicted octanol–water partition coefficient (Wildman–Crippen LogP) is 1.78. The van der Waals surface area contributed by atoms with Crippen LogP contribution in [0.1, 0.15) is 23.2 Å². The average Bonchev–Trinajstić information content (AvgIpc) is 3.19. The van der Waals surface area contributed by atoms with Gasteiger partial charge in [0.1, 0.15) is 0 Å². The van der Waals surface area contributed by atoms with E-state index in [0.717, 1.165) is 12.8 Å². The lowest BCUT2D eigenvalue weighted by Gasteiger charge is -2.04. The maximum Gasteiger partial charge on any atom is 0.279 e. The number of carbonyl (C=O) groups excluding carboxylic acids is 2. The van der Waals surface area contributed by atoms with Crippen LogP contribution in [0.2, 0.25) is 0 Å². The number of amides is 1. The zero-order valence-corrected chi connectivity index (χ0v) is 10.8. The first-order valence-corrected chi connectivity index (χ1v) is 6.74. The molecule has 0 heterocycles. The number of hydrogen-bond acceptors (Lipinski definition) is 5. The summed E-state index contributed by atoms with van der Waals surface area (Å²) < 4.78 is 0. The van der Waals surface area contributed by atoms with Crippen LogP contribution in [0.15, 0.2) is 23.1 Å². The Hall–Kier alpha value is -1.89. The van der Waals surface area contributed by atoms with Crippen LogP contribution in [-0.2, 0) is 4.79 Å². The second-order valence-electron chi connectivity index (χ2n) is 4.23. The van der Waals surface area contributed by atoms with E-state index in [1.165, 1.54) is 23.9 Å². The molecule has 0 atom stereocenters. The number of nitro benzene ring substituents is 1. The lowest BCUT2D eigenvalue weighted by Crippen LogP contribution is -2.26. The van der Waals surface area contributed by atoms with Crippen molar-refractivity contribution >= 4 is 29.6 Å². The summed E-state index contributed by atoms with van der Waals surface area (Å²) >= 11 is 1.25. The smallest absolute Gasteiger partial charge is 0.279 e. The summed E-state index contributed by atoms with van der Waals surface area (Å²) in [6, 6.07) is 4.57. The zero-order chi connectivity index (χ0) is 13.8. The van der Waals surface area contributed by atoms with Crippen molar-refractivity contribution in [2.24, 2.45) is 0 Å². The summed E-state index contributed by atoms with van der Waals surface area (Å²) in [6.07, 6.45) is 2.51. The normalized spacial score (nSPS) is 13.9. The van der Waals surface area contributed by atoms with Crippen molar-refractivity contribution in [1.29, 1.82) is 0 Å². The highest BCUT2D eigenvalue weighted by atomic mass is 32.2. The number of hydrogen-bond donors (Lipinski definition) is 1. The molecule has 1 saturated carbocycles. The van der Waals surface area contributed by atoms with Crippen LogP contribution in [0.5, 0.6) is 0 Å². The van der Waals surface area contributed by atoms with Gasteiger partial charge < -0.3 is 5.32 Å². The maximum absolute atomic E-state index is 11.5. The molecule has 0 saturated heterocycles. The van der Waals surface area contributed by atoms with Crippen LogP contribution in [0.4, 0.5) is 5.69 Å². The molecular formula is C12H12N2O4S. The predicted molar refractivity (Wildman–Crippen MR) is 70.4 cm³/mol. The molecular weight excluding hydrogens is 268 g/mol. The second kappa shape index (κ2) is 5.83. The Kier molecular flexibility index (Phi) is 4.16. The number of thioether (sulfide) groups is 1. The Labute approximate surface area is 113 Å². The number of nitro groups is 1. The SMILES string of the molecule is O=Cc1cc(SCC(=O)NC2CC2)ccc1[N+](=O)[O-]. The minimum atomic E-state index is -0.599. The van der Waals surface area contributed by atoms with E-state index in [1.807, 2.05) is 0 Å². The number of aldehydes is 1. The van der Waals surface area contributed by atoms with Crippen molar-refractivity contribution in [3.05, 3.63) is 33.9 Å². The Balaban J connectivity index is 1.98. The summed E-state index contributed by atoms with van der Waals surface area (Å²) in [4.78, 5) is 33.0. The van der Waals surface area contributed by atoms with Crippen molar-refractivity contribution in [2.75, 3.05) is 5.75 Å². The molecule has 0 spiro atoms. The van der Waals surface area contributed by atoms with E-state index in [1.54, 1.807) is 6.07 Å². The highest BCUT2D eigenvalue weighted by molar-refractivity contribution is 8.00. The fourth-order valence-electron chi connectivity index (χ4n) is 1.53. The molecule has 1 N–H and O–H groups in total. The van der Waals surface area contributed by atoms with E-state index in [2.05, 4.69) is 5.32 Å². The second-order valence-corrected chi connectivity index (χ2v) is 5.27. The highest BCUT2D eigenvalue weighted by Gasteiger charge is 2.23. The first-order valence-electron chi connectivity index (χ1n) is 5.76. The van der Waals surface area contributed by atoms with Crippen molar-refractivity contribution < 1.29 is 14.5 Å². The van der Waals surface area contributed by atoms with Gasteiger partial charge in [-0.05, 0) is 25.0 Å². The van der Waals surface area contributed by atoms with Crippen molar-refractivity contribution in [1.82, 2.24) is 5.32 Å². The van der Waals surface area contributed by atoms with Gasteiger partial charge in [0.05, 0.1) is 16.2 Å². The van der Waals surface area contributed by atoms with Gasteiger partial charge >= 0.3 is 0 Å². The Morgan fingerprint density at radius 1 is 1.53 bits per heavy atom. The molecule has 1 fully saturated rings. The molecule has 1 aliphatic rings. The lowest BCUT2D eigenvalue weighted by molar-refractivity contribution is -0.385.